The predicted octanol–water partition coefficient (Wildman–Crippen LogP) is 4.02. The van der Waals surface area contributed by atoms with E-state index < -0.39 is 68.4 Å². The van der Waals surface area contributed by atoms with Crippen LogP contribution in [0.1, 0.15) is 76.5 Å². The highest BCUT2D eigenvalue weighted by Crippen LogP contribution is 2.23. The molecule has 1 amide bonds. The SMILES string of the molecule is CC(=O)O.CCCC(CCC)S(=O)(=O)C(CC(=O)O)C(=O)N[C@@H](Cc1cc(F)cc(F)c1)[C@H](O)CNCc1cccc(CC)c1. The van der Waals surface area contributed by atoms with Crippen molar-refractivity contribution < 1.29 is 46.9 Å². The van der Waals surface area contributed by atoms with Crippen molar-refractivity contribution in [2.75, 3.05) is 6.54 Å². The number of aryl methyl sites for hydroxylation is 1. The number of amides is 1. The summed E-state index contributed by atoms with van der Waals surface area (Å²) in [4.78, 5) is 34.0. The molecule has 2 rings (SSSR count). The van der Waals surface area contributed by atoms with Crippen LogP contribution in [0, 0.1) is 11.6 Å². The molecule has 3 atom stereocenters. The van der Waals surface area contributed by atoms with Gasteiger partial charge in [-0.05, 0) is 54.5 Å². The van der Waals surface area contributed by atoms with Gasteiger partial charge in [-0.3, -0.25) is 14.4 Å². The molecule has 0 bridgehead atoms. The molecule has 252 valence electrons. The van der Waals surface area contributed by atoms with E-state index in [1.807, 2.05) is 31.2 Å². The lowest BCUT2D eigenvalue weighted by Gasteiger charge is -2.28. The first kappa shape index (κ1) is 39.6. The van der Waals surface area contributed by atoms with Crippen molar-refractivity contribution in [1.29, 1.82) is 0 Å². The molecule has 45 heavy (non-hydrogen) atoms. The Hall–Kier alpha value is -3.42. The number of carbonyl (C=O) groups excluding carboxylic acids is 1. The van der Waals surface area contributed by atoms with Gasteiger partial charge in [0.2, 0.25) is 5.91 Å². The average molecular weight is 657 g/mol. The summed E-state index contributed by atoms with van der Waals surface area (Å²) in [6.07, 6.45) is 0.00894. The van der Waals surface area contributed by atoms with Crippen molar-refractivity contribution in [2.24, 2.45) is 0 Å². The van der Waals surface area contributed by atoms with Crippen LogP contribution in [0.2, 0.25) is 0 Å². The summed E-state index contributed by atoms with van der Waals surface area (Å²) in [7, 11) is -4.21. The fourth-order valence-electron chi connectivity index (χ4n) is 4.87. The molecule has 2 aromatic rings. The van der Waals surface area contributed by atoms with Gasteiger partial charge in [-0.2, -0.15) is 0 Å². The van der Waals surface area contributed by atoms with E-state index in [1.165, 1.54) is 0 Å². The first-order valence-electron chi connectivity index (χ1n) is 15.0. The van der Waals surface area contributed by atoms with Gasteiger partial charge in [-0.1, -0.05) is 57.9 Å². The lowest BCUT2D eigenvalue weighted by molar-refractivity contribution is -0.138. The molecule has 0 fully saturated rings. The van der Waals surface area contributed by atoms with Crippen molar-refractivity contribution in [1.82, 2.24) is 10.6 Å². The number of carbonyl (C=O) groups is 3. The number of carboxylic acid groups (broad SMARTS) is 2. The number of aliphatic hydroxyl groups is 1. The number of halogens is 2. The summed E-state index contributed by atoms with van der Waals surface area (Å²) >= 11 is 0. The number of nitrogens with one attached hydrogen (secondary N) is 2. The normalized spacial score (nSPS) is 13.3. The maximum Gasteiger partial charge on any atom is 0.305 e. The number of rotatable bonds is 18. The van der Waals surface area contributed by atoms with Crippen LogP contribution < -0.4 is 10.6 Å². The van der Waals surface area contributed by atoms with Crippen LogP contribution in [0.4, 0.5) is 8.78 Å². The van der Waals surface area contributed by atoms with Crippen molar-refractivity contribution in [3.05, 3.63) is 70.8 Å². The largest absolute Gasteiger partial charge is 0.481 e. The third-order valence-electron chi connectivity index (χ3n) is 6.99. The van der Waals surface area contributed by atoms with E-state index in [0.717, 1.165) is 36.6 Å². The Bertz CT molecular complexity index is 1330. The number of carboxylic acids is 2. The van der Waals surface area contributed by atoms with Gasteiger partial charge in [-0.15, -0.1) is 0 Å². The van der Waals surface area contributed by atoms with Crippen LogP contribution >= 0.6 is 0 Å². The minimum atomic E-state index is -4.21. The number of benzene rings is 2. The van der Waals surface area contributed by atoms with Gasteiger partial charge in [0.1, 0.15) is 11.6 Å². The molecule has 0 aliphatic carbocycles. The van der Waals surface area contributed by atoms with Crippen LogP contribution in [-0.2, 0) is 43.6 Å². The van der Waals surface area contributed by atoms with Gasteiger partial charge < -0.3 is 26.0 Å². The molecule has 10 nitrogen and oxygen atoms in total. The van der Waals surface area contributed by atoms with Crippen LogP contribution in [0.25, 0.3) is 0 Å². The maximum atomic E-state index is 13.9. The number of hydrogen-bond acceptors (Lipinski definition) is 7. The molecule has 1 unspecified atom stereocenters. The molecule has 0 aromatic heterocycles. The molecule has 2 aromatic carbocycles. The standard InChI is InChI=1S/C30H42F2N2O6S.C2H4O2/c1-4-8-25(9-5-2)41(39,40)28(17-29(36)37)30(38)34-26(15-22-13-23(31)16-24(32)14-22)27(35)19-33-18-21-11-7-10-20(6-3)12-21;1-2(3)4/h7,10-14,16,25-28,33,35H,4-6,8-9,15,17-19H2,1-3H3,(H,34,38)(H,36,37);1H3,(H,3,4)/t26-,27+,28?;/m0./s1. The smallest absolute Gasteiger partial charge is 0.305 e. The summed E-state index contributed by atoms with van der Waals surface area (Å²) in [5, 5.41) is 30.7. The van der Waals surface area contributed by atoms with Gasteiger partial charge in [0.15, 0.2) is 15.1 Å². The van der Waals surface area contributed by atoms with E-state index >= 15 is 0 Å². The summed E-state index contributed by atoms with van der Waals surface area (Å²) in [6, 6.07) is 9.48. The maximum absolute atomic E-state index is 13.9. The third kappa shape index (κ3) is 14.5. The number of hydrogen-bond donors (Lipinski definition) is 5. The van der Waals surface area contributed by atoms with E-state index in [4.69, 9.17) is 9.90 Å². The fourth-order valence-corrected chi connectivity index (χ4v) is 7.21. The van der Waals surface area contributed by atoms with E-state index in [-0.39, 0.29) is 31.4 Å². The van der Waals surface area contributed by atoms with Crippen molar-refractivity contribution in [2.45, 2.75) is 102 Å². The van der Waals surface area contributed by atoms with Crippen molar-refractivity contribution >= 4 is 27.7 Å². The lowest BCUT2D eigenvalue weighted by Crippen LogP contribution is -2.54. The Labute approximate surface area is 264 Å². The molecule has 5 N–H and O–H groups in total. The van der Waals surface area contributed by atoms with Crippen LogP contribution in [0.15, 0.2) is 42.5 Å². The quantitative estimate of drug-likeness (QED) is 0.159. The Morgan fingerprint density at radius 3 is 1.96 bits per heavy atom. The molecule has 0 spiro atoms. The summed E-state index contributed by atoms with van der Waals surface area (Å²) in [5.41, 5.74) is 2.24. The Kier molecular flexibility index (Phi) is 17.5. The van der Waals surface area contributed by atoms with E-state index in [1.54, 1.807) is 13.8 Å². The van der Waals surface area contributed by atoms with E-state index in [9.17, 15) is 37.0 Å². The van der Waals surface area contributed by atoms with Gasteiger partial charge in [0, 0.05) is 26.1 Å². The molecular formula is C32H46F2N2O8S. The number of aliphatic hydroxyl groups excluding tert-OH is 1. The topological polar surface area (TPSA) is 170 Å². The Morgan fingerprint density at radius 1 is 0.889 bits per heavy atom. The van der Waals surface area contributed by atoms with Gasteiger partial charge in [-0.25, -0.2) is 17.2 Å². The lowest BCUT2D eigenvalue weighted by atomic mass is 10.00. The van der Waals surface area contributed by atoms with Gasteiger partial charge >= 0.3 is 5.97 Å². The van der Waals surface area contributed by atoms with Gasteiger partial charge in [0.25, 0.3) is 5.97 Å². The molecule has 0 saturated heterocycles. The number of aliphatic carboxylic acids is 2. The first-order chi connectivity index (χ1) is 21.1. The molecule has 0 aliphatic rings. The van der Waals surface area contributed by atoms with Crippen LogP contribution in [0.3, 0.4) is 0 Å². The zero-order valence-electron chi connectivity index (χ0n) is 26.3. The second kappa shape index (κ2) is 19.9. The molecule has 0 aliphatic heterocycles. The van der Waals surface area contributed by atoms with Crippen molar-refractivity contribution in [3.63, 3.8) is 0 Å². The zero-order chi connectivity index (χ0) is 34.2. The van der Waals surface area contributed by atoms with Gasteiger partial charge in [0.05, 0.1) is 23.8 Å². The Balaban J connectivity index is 0.00000238. The fraction of sp³-hybridized carbons (Fsp3) is 0.531. The Morgan fingerprint density at radius 2 is 1.44 bits per heavy atom. The van der Waals surface area contributed by atoms with Crippen LogP contribution in [0.5, 0.6) is 0 Å². The monoisotopic (exact) mass is 656 g/mol. The molecule has 0 radical (unpaired) electrons. The molecule has 0 saturated carbocycles. The highest BCUT2D eigenvalue weighted by molar-refractivity contribution is 7.93. The molecular weight excluding hydrogens is 610 g/mol. The second-order valence-electron chi connectivity index (χ2n) is 10.9. The second-order valence-corrected chi connectivity index (χ2v) is 13.3. The summed E-state index contributed by atoms with van der Waals surface area (Å²) in [6.45, 7) is 7.08. The summed E-state index contributed by atoms with van der Waals surface area (Å²) in [5.74, 6) is -5.05. The van der Waals surface area contributed by atoms with E-state index in [0.29, 0.717) is 25.5 Å². The van der Waals surface area contributed by atoms with E-state index in [2.05, 4.69) is 10.6 Å². The molecule has 13 heteroatoms. The first-order valence-corrected chi connectivity index (χ1v) is 16.6. The van der Waals surface area contributed by atoms with Crippen LogP contribution in [-0.4, -0.2) is 70.8 Å². The third-order valence-corrected chi connectivity index (χ3v) is 9.56. The predicted molar refractivity (Wildman–Crippen MR) is 167 cm³/mol. The summed E-state index contributed by atoms with van der Waals surface area (Å²) < 4.78 is 54.8. The average Bonchev–Trinajstić information content (AvgIpc) is 2.94. The van der Waals surface area contributed by atoms with Crippen molar-refractivity contribution in [3.8, 4) is 0 Å². The molecule has 0 heterocycles. The minimum absolute atomic E-state index is 0.0380. The highest BCUT2D eigenvalue weighted by Gasteiger charge is 2.40. The number of sulfone groups is 1. The minimum Gasteiger partial charge on any atom is -0.481 e. The highest BCUT2D eigenvalue weighted by atomic mass is 32.2. The zero-order valence-corrected chi connectivity index (χ0v) is 27.1.